The minimum atomic E-state index is 0.371. The van der Waals surface area contributed by atoms with E-state index in [0.717, 1.165) is 17.7 Å². The van der Waals surface area contributed by atoms with Gasteiger partial charge in [0, 0.05) is 31.4 Å². The monoisotopic (exact) mass is 347 g/mol. The van der Waals surface area contributed by atoms with E-state index in [1.807, 2.05) is 48.5 Å². The van der Waals surface area contributed by atoms with Crippen LogP contribution >= 0.6 is 0 Å². The number of benzene rings is 1. The summed E-state index contributed by atoms with van der Waals surface area (Å²) in [6.45, 7) is 1.30. The fourth-order valence-corrected chi connectivity index (χ4v) is 2.52. The molecule has 0 aliphatic rings. The molecular weight excluding hydrogens is 330 g/mol. The van der Waals surface area contributed by atoms with Crippen molar-refractivity contribution in [3.63, 3.8) is 0 Å². The molecule has 0 amide bonds. The second-order valence-electron chi connectivity index (χ2n) is 5.67. The van der Waals surface area contributed by atoms with E-state index in [4.69, 9.17) is 4.63 Å². The molecule has 1 aromatic carbocycles. The van der Waals surface area contributed by atoms with Crippen molar-refractivity contribution in [2.75, 3.05) is 17.2 Å². The van der Waals surface area contributed by atoms with E-state index in [1.165, 1.54) is 0 Å². The van der Waals surface area contributed by atoms with Crippen LogP contribution in [0.3, 0.4) is 0 Å². The summed E-state index contributed by atoms with van der Waals surface area (Å²) >= 11 is 0. The summed E-state index contributed by atoms with van der Waals surface area (Å²) in [5, 5.41) is 14.1. The molecule has 0 aliphatic heterocycles. The number of pyridine rings is 1. The molecule has 0 fully saturated rings. The largest absolute Gasteiger partial charge is 0.367 e. The van der Waals surface area contributed by atoms with Crippen molar-refractivity contribution in [3.8, 4) is 0 Å². The molecule has 8 heteroatoms. The molecule has 0 saturated carbocycles. The van der Waals surface area contributed by atoms with Gasteiger partial charge in [-0.15, -0.1) is 0 Å². The van der Waals surface area contributed by atoms with Gasteiger partial charge in [0.05, 0.1) is 0 Å². The molecule has 3 heterocycles. The Bertz CT molecular complexity index is 973. The molecule has 3 aromatic heterocycles. The smallest absolute Gasteiger partial charge is 0.245 e. The molecule has 0 spiro atoms. The van der Waals surface area contributed by atoms with Crippen molar-refractivity contribution in [1.82, 2.24) is 25.3 Å². The normalized spacial score (nSPS) is 10.8. The molecule has 0 unspecified atom stereocenters. The quantitative estimate of drug-likeness (QED) is 0.526. The van der Waals surface area contributed by atoms with Gasteiger partial charge in [-0.25, -0.2) is 14.6 Å². The average Bonchev–Trinajstić information content (AvgIpc) is 3.15. The van der Waals surface area contributed by atoms with Crippen LogP contribution < -0.4 is 10.6 Å². The molecule has 130 valence electrons. The Morgan fingerprint density at radius 3 is 2.27 bits per heavy atom. The molecule has 26 heavy (non-hydrogen) atoms. The van der Waals surface area contributed by atoms with E-state index in [1.54, 1.807) is 6.20 Å². The highest BCUT2D eigenvalue weighted by atomic mass is 16.6. The van der Waals surface area contributed by atoms with Crippen LogP contribution in [-0.2, 0) is 13.0 Å². The van der Waals surface area contributed by atoms with Crippen LogP contribution in [0.1, 0.15) is 11.3 Å². The van der Waals surface area contributed by atoms with Gasteiger partial charge in [0.25, 0.3) is 0 Å². The van der Waals surface area contributed by atoms with Gasteiger partial charge in [0.15, 0.2) is 11.6 Å². The van der Waals surface area contributed by atoms with Crippen LogP contribution in [0.4, 0.5) is 11.6 Å². The summed E-state index contributed by atoms with van der Waals surface area (Å²) in [7, 11) is 0. The maximum atomic E-state index is 4.72. The summed E-state index contributed by atoms with van der Waals surface area (Å²) in [4.78, 5) is 13.2. The number of nitrogens with zero attached hydrogens (tertiary/aromatic N) is 5. The summed E-state index contributed by atoms with van der Waals surface area (Å²) in [5.74, 6) is 1.22. The van der Waals surface area contributed by atoms with Crippen molar-refractivity contribution in [2.45, 2.75) is 13.0 Å². The Morgan fingerprint density at radius 2 is 1.54 bits per heavy atom. The Kier molecular flexibility index (Phi) is 4.64. The maximum absolute atomic E-state index is 4.72. The van der Waals surface area contributed by atoms with Gasteiger partial charge in [0.2, 0.25) is 11.3 Å². The number of hydrogen-bond donors (Lipinski definition) is 2. The summed E-state index contributed by atoms with van der Waals surface area (Å²) in [6, 6.07) is 15.9. The molecular formula is C18H17N7O. The Balaban J connectivity index is 1.49. The van der Waals surface area contributed by atoms with Crippen LogP contribution in [0, 0.1) is 0 Å². The number of fused-ring (bicyclic) bond motifs is 1. The zero-order valence-corrected chi connectivity index (χ0v) is 14.0. The number of hydrogen-bond acceptors (Lipinski definition) is 8. The highest BCUT2D eigenvalue weighted by Crippen LogP contribution is 2.20. The number of aromatic nitrogens is 5. The third-order valence-corrected chi connectivity index (χ3v) is 3.82. The van der Waals surface area contributed by atoms with Gasteiger partial charge in [0.1, 0.15) is 0 Å². The Hall–Kier alpha value is -3.55. The molecule has 4 aromatic rings. The van der Waals surface area contributed by atoms with Crippen LogP contribution in [0.2, 0.25) is 0 Å². The fourth-order valence-electron chi connectivity index (χ4n) is 2.52. The lowest BCUT2D eigenvalue weighted by molar-refractivity contribution is 0.314. The van der Waals surface area contributed by atoms with Crippen LogP contribution in [0.25, 0.3) is 11.3 Å². The number of nitrogens with one attached hydrogen (secondary N) is 2. The fraction of sp³-hybridized carbons (Fsp3) is 0.167. The Morgan fingerprint density at radius 1 is 0.808 bits per heavy atom. The minimum Gasteiger partial charge on any atom is -0.367 e. The third kappa shape index (κ3) is 3.75. The zero-order chi connectivity index (χ0) is 17.6. The first kappa shape index (κ1) is 15.9. The molecule has 0 aliphatic carbocycles. The van der Waals surface area contributed by atoms with Gasteiger partial charge in [-0.05, 0) is 28.0 Å². The molecule has 0 radical (unpaired) electrons. The van der Waals surface area contributed by atoms with Crippen LogP contribution in [-0.4, -0.2) is 31.8 Å². The highest BCUT2D eigenvalue weighted by Gasteiger charge is 2.12. The van der Waals surface area contributed by atoms with Crippen molar-refractivity contribution >= 4 is 22.9 Å². The van der Waals surface area contributed by atoms with E-state index in [0.29, 0.717) is 36.0 Å². The molecule has 0 atom stereocenters. The standard InChI is InChI=1S/C18H17N7O/c1-2-6-13(7-3-1)12-21-16-15(22-17-18(23-16)25-26-24-17)20-11-9-14-8-4-5-10-19-14/h1-8,10H,9,11-12H2,(H,20,22,24)(H,21,23,25). The number of anilines is 2. The van der Waals surface area contributed by atoms with Gasteiger partial charge < -0.3 is 10.6 Å². The minimum absolute atomic E-state index is 0.371. The lowest BCUT2D eigenvalue weighted by Crippen LogP contribution is -2.12. The highest BCUT2D eigenvalue weighted by molar-refractivity contribution is 5.73. The molecule has 8 nitrogen and oxygen atoms in total. The van der Waals surface area contributed by atoms with Gasteiger partial charge in [-0.1, -0.05) is 36.4 Å². The van der Waals surface area contributed by atoms with Gasteiger partial charge >= 0.3 is 0 Å². The third-order valence-electron chi connectivity index (χ3n) is 3.82. The van der Waals surface area contributed by atoms with E-state index in [-0.39, 0.29) is 0 Å². The first-order valence-electron chi connectivity index (χ1n) is 8.30. The molecule has 0 saturated heterocycles. The van der Waals surface area contributed by atoms with Gasteiger partial charge in [-0.3, -0.25) is 4.98 Å². The summed E-state index contributed by atoms with van der Waals surface area (Å²) in [5.41, 5.74) is 2.90. The number of rotatable bonds is 7. The first-order chi connectivity index (χ1) is 12.9. The van der Waals surface area contributed by atoms with Crippen molar-refractivity contribution < 1.29 is 4.63 Å². The van der Waals surface area contributed by atoms with Gasteiger partial charge in [-0.2, -0.15) is 0 Å². The van der Waals surface area contributed by atoms with Crippen molar-refractivity contribution in [1.29, 1.82) is 0 Å². The molecule has 0 bridgehead atoms. The van der Waals surface area contributed by atoms with Crippen molar-refractivity contribution in [2.24, 2.45) is 0 Å². The lowest BCUT2D eigenvalue weighted by Gasteiger charge is -2.11. The van der Waals surface area contributed by atoms with E-state index >= 15 is 0 Å². The SMILES string of the molecule is c1ccc(CNc2nc3nonc3nc2NCCc2ccccn2)cc1. The van der Waals surface area contributed by atoms with E-state index in [9.17, 15) is 0 Å². The summed E-state index contributed by atoms with van der Waals surface area (Å²) < 4.78 is 4.72. The topological polar surface area (TPSA) is 102 Å². The predicted octanol–water partition coefficient (Wildman–Crippen LogP) is 2.67. The first-order valence-corrected chi connectivity index (χ1v) is 8.30. The molecule has 2 N–H and O–H groups in total. The summed E-state index contributed by atoms with van der Waals surface area (Å²) in [6.07, 6.45) is 2.56. The van der Waals surface area contributed by atoms with Crippen molar-refractivity contribution in [3.05, 3.63) is 66.0 Å². The van der Waals surface area contributed by atoms with E-state index < -0.39 is 0 Å². The van der Waals surface area contributed by atoms with E-state index in [2.05, 4.69) is 35.9 Å². The predicted molar refractivity (Wildman–Crippen MR) is 97.6 cm³/mol. The average molecular weight is 347 g/mol. The zero-order valence-electron chi connectivity index (χ0n) is 14.0. The van der Waals surface area contributed by atoms with Crippen LogP contribution in [0.15, 0.2) is 59.4 Å². The second kappa shape index (κ2) is 7.56. The van der Waals surface area contributed by atoms with Crippen LogP contribution in [0.5, 0.6) is 0 Å². The maximum Gasteiger partial charge on any atom is 0.245 e. The molecule has 4 rings (SSSR count). The Labute approximate surface area is 149 Å². The lowest BCUT2D eigenvalue weighted by atomic mass is 10.2. The second-order valence-corrected chi connectivity index (χ2v) is 5.67.